The molecule has 1 unspecified atom stereocenters. The van der Waals surface area contributed by atoms with Gasteiger partial charge in [0.2, 0.25) is 0 Å². The van der Waals surface area contributed by atoms with Gasteiger partial charge in [0.05, 0.1) is 11.3 Å². The zero-order chi connectivity index (χ0) is 18.5. The number of nitrogens with zero attached hydrogens (tertiary/aromatic N) is 2. The minimum absolute atomic E-state index is 0.269. The highest BCUT2D eigenvalue weighted by Gasteiger charge is 2.25. The lowest BCUT2D eigenvalue weighted by molar-refractivity contribution is 0.482. The molecule has 1 aromatic heterocycles. The SMILES string of the molecule is C=C/C=C(\C=C/N)c1c(N2CCNC(C)C2)n[nH]c1-c1ccc(F)cc1. The normalized spacial score (nSPS) is 18.5. The van der Waals surface area contributed by atoms with Crippen molar-refractivity contribution in [2.24, 2.45) is 5.73 Å². The Labute approximate surface area is 153 Å². The predicted molar refractivity (Wildman–Crippen MR) is 105 cm³/mol. The van der Waals surface area contributed by atoms with Crippen LogP contribution in [0, 0.1) is 5.82 Å². The second-order valence-corrected chi connectivity index (χ2v) is 6.32. The van der Waals surface area contributed by atoms with Gasteiger partial charge in [0.1, 0.15) is 5.82 Å². The number of H-pyrrole nitrogens is 1. The van der Waals surface area contributed by atoms with Crippen LogP contribution in [-0.4, -0.2) is 35.9 Å². The monoisotopic (exact) mass is 353 g/mol. The number of nitrogens with one attached hydrogen (secondary N) is 2. The molecule has 1 aromatic carbocycles. The summed E-state index contributed by atoms with van der Waals surface area (Å²) < 4.78 is 13.3. The Morgan fingerprint density at radius 2 is 2.15 bits per heavy atom. The van der Waals surface area contributed by atoms with Crippen LogP contribution in [0.2, 0.25) is 0 Å². The summed E-state index contributed by atoms with van der Waals surface area (Å²) >= 11 is 0. The number of benzene rings is 1. The van der Waals surface area contributed by atoms with E-state index in [-0.39, 0.29) is 5.82 Å². The van der Waals surface area contributed by atoms with Gasteiger partial charge < -0.3 is 16.0 Å². The molecule has 4 N–H and O–H groups in total. The molecule has 0 radical (unpaired) electrons. The first-order valence-corrected chi connectivity index (χ1v) is 8.68. The fourth-order valence-corrected chi connectivity index (χ4v) is 3.24. The van der Waals surface area contributed by atoms with Crippen LogP contribution in [0.25, 0.3) is 16.8 Å². The van der Waals surface area contributed by atoms with E-state index in [4.69, 9.17) is 5.73 Å². The molecule has 0 saturated carbocycles. The molecule has 1 atom stereocenters. The van der Waals surface area contributed by atoms with Crippen LogP contribution < -0.4 is 16.0 Å². The van der Waals surface area contributed by atoms with Gasteiger partial charge in [-0.3, -0.25) is 5.10 Å². The van der Waals surface area contributed by atoms with Crippen molar-refractivity contribution >= 4 is 11.4 Å². The molecule has 5 nitrogen and oxygen atoms in total. The zero-order valence-electron chi connectivity index (χ0n) is 14.9. The average Bonchev–Trinajstić information content (AvgIpc) is 3.07. The molecule has 0 amide bonds. The summed E-state index contributed by atoms with van der Waals surface area (Å²) in [5.74, 6) is 0.596. The summed E-state index contributed by atoms with van der Waals surface area (Å²) in [7, 11) is 0. The highest BCUT2D eigenvalue weighted by atomic mass is 19.1. The standard InChI is InChI=1S/C20H24FN5/c1-3-4-15(9-10-22)18-19(16-5-7-17(21)8-6-16)24-25-20(18)26-12-11-23-14(2)13-26/h3-10,14,23H,1,11-13,22H2,2H3,(H,24,25)/b10-9-,15-4+. The first-order chi connectivity index (χ1) is 12.6. The minimum Gasteiger partial charge on any atom is -0.405 e. The third-order valence-corrected chi connectivity index (χ3v) is 4.41. The van der Waals surface area contributed by atoms with Gasteiger partial charge in [-0.25, -0.2) is 4.39 Å². The average molecular weight is 353 g/mol. The number of nitrogens with two attached hydrogens (primary N) is 1. The molecule has 1 aliphatic heterocycles. The lowest BCUT2D eigenvalue weighted by Crippen LogP contribution is -2.49. The third kappa shape index (κ3) is 3.70. The molecule has 0 bridgehead atoms. The van der Waals surface area contributed by atoms with Crippen molar-refractivity contribution in [3.05, 3.63) is 66.7 Å². The maximum Gasteiger partial charge on any atom is 0.159 e. The molecule has 2 heterocycles. The number of rotatable bonds is 5. The molecule has 1 aliphatic rings. The first-order valence-electron chi connectivity index (χ1n) is 8.68. The molecular weight excluding hydrogens is 329 g/mol. The van der Waals surface area contributed by atoms with E-state index in [1.165, 1.54) is 18.3 Å². The summed E-state index contributed by atoms with van der Waals surface area (Å²) in [6.07, 6.45) is 6.95. The number of hydrogen-bond donors (Lipinski definition) is 3. The van der Waals surface area contributed by atoms with E-state index in [0.29, 0.717) is 6.04 Å². The van der Waals surface area contributed by atoms with Crippen molar-refractivity contribution in [1.29, 1.82) is 0 Å². The zero-order valence-corrected chi connectivity index (χ0v) is 14.9. The fraction of sp³-hybridized carbons (Fsp3) is 0.250. The maximum atomic E-state index is 13.3. The Balaban J connectivity index is 2.14. The number of piperazine rings is 1. The van der Waals surface area contributed by atoms with Crippen LogP contribution in [0.4, 0.5) is 10.2 Å². The highest BCUT2D eigenvalue weighted by Crippen LogP contribution is 2.35. The molecule has 0 spiro atoms. The Kier molecular flexibility index (Phi) is 5.53. The highest BCUT2D eigenvalue weighted by molar-refractivity contribution is 5.90. The van der Waals surface area contributed by atoms with Crippen LogP contribution in [0.1, 0.15) is 12.5 Å². The van der Waals surface area contributed by atoms with E-state index < -0.39 is 0 Å². The van der Waals surface area contributed by atoms with Gasteiger partial charge in [-0.05, 0) is 49.0 Å². The molecular formula is C20H24FN5. The number of anilines is 1. The lowest BCUT2D eigenvalue weighted by atomic mass is 9.99. The van der Waals surface area contributed by atoms with E-state index in [9.17, 15) is 4.39 Å². The number of halogens is 1. The Bertz CT molecular complexity index is 819. The van der Waals surface area contributed by atoms with Gasteiger partial charge in [-0.1, -0.05) is 18.7 Å². The molecule has 1 fully saturated rings. The Hall–Kier alpha value is -2.86. The fourth-order valence-electron chi connectivity index (χ4n) is 3.24. The number of aromatic nitrogens is 2. The van der Waals surface area contributed by atoms with Gasteiger partial charge in [0.15, 0.2) is 5.82 Å². The van der Waals surface area contributed by atoms with Crippen molar-refractivity contribution in [2.75, 3.05) is 24.5 Å². The van der Waals surface area contributed by atoms with Crippen molar-refractivity contribution in [3.63, 3.8) is 0 Å². The maximum absolute atomic E-state index is 13.3. The third-order valence-electron chi connectivity index (χ3n) is 4.41. The summed E-state index contributed by atoms with van der Waals surface area (Å²) in [5.41, 5.74) is 9.20. The first kappa shape index (κ1) is 17.9. The topological polar surface area (TPSA) is 70.0 Å². The van der Waals surface area contributed by atoms with Crippen LogP contribution in [0.15, 0.2) is 55.3 Å². The molecule has 3 rings (SSSR count). The quantitative estimate of drug-likeness (QED) is 0.723. The van der Waals surface area contributed by atoms with Crippen molar-refractivity contribution in [1.82, 2.24) is 15.5 Å². The largest absolute Gasteiger partial charge is 0.405 e. The van der Waals surface area contributed by atoms with Crippen molar-refractivity contribution < 1.29 is 4.39 Å². The number of allylic oxidation sites excluding steroid dienone is 4. The van der Waals surface area contributed by atoms with Gasteiger partial charge in [-0.2, -0.15) is 5.10 Å². The van der Waals surface area contributed by atoms with Gasteiger partial charge in [0, 0.05) is 31.2 Å². The van der Waals surface area contributed by atoms with Gasteiger partial charge in [0.25, 0.3) is 0 Å². The van der Waals surface area contributed by atoms with Gasteiger partial charge in [-0.15, -0.1) is 0 Å². The molecule has 6 heteroatoms. The summed E-state index contributed by atoms with van der Waals surface area (Å²) in [6, 6.07) is 6.76. The summed E-state index contributed by atoms with van der Waals surface area (Å²) in [4.78, 5) is 2.25. The molecule has 2 aromatic rings. The molecule has 136 valence electrons. The van der Waals surface area contributed by atoms with Crippen LogP contribution >= 0.6 is 0 Å². The van der Waals surface area contributed by atoms with E-state index in [0.717, 1.165) is 47.8 Å². The second kappa shape index (κ2) is 8.01. The molecule has 0 aliphatic carbocycles. The molecule has 1 saturated heterocycles. The second-order valence-electron chi connectivity index (χ2n) is 6.32. The van der Waals surface area contributed by atoms with Crippen molar-refractivity contribution in [3.8, 4) is 11.3 Å². The molecule has 26 heavy (non-hydrogen) atoms. The van der Waals surface area contributed by atoms with Crippen molar-refractivity contribution in [2.45, 2.75) is 13.0 Å². The van der Waals surface area contributed by atoms with Crippen LogP contribution in [0.5, 0.6) is 0 Å². The van der Waals surface area contributed by atoms with Gasteiger partial charge >= 0.3 is 0 Å². The van der Waals surface area contributed by atoms with Crippen LogP contribution in [0.3, 0.4) is 0 Å². The smallest absolute Gasteiger partial charge is 0.159 e. The number of aromatic amines is 1. The lowest BCUT2D eigenvalue weighted by Gasteiger charge is -2.32. The predicted octanol–water partition coefficient (Wildman–Crippen LogP) is 3.06. The summed E-state index contributed by atoms with van der Waals surface area (Å²) in [5, 5.41) is 11.2. The number of hydrogen-bond acceptors (Lipinski definition) is 4. The van der Waals surface area contributed by atoms with Crippen LogP contribution in [-0.2, 0) is 0 Å². The van der Waals surface area contributed by atoms with E-state index in [1.807, 2.05) is 12.2 Å². The van der Waals surface area contributed by atoms with E-state index in [2.05, 4.69) is 33.9 Å². The summed E-state index contributed by atoms with van der Waals surface area (Å²) in [6.45, 7) is 8.57. The minimum atomic E-state index is -0.269. The van der Waals surface area contributed by atoms with E-state index >= 15 is 0 Å². The Morgan fingerprint density at radius 3 is 2.81 bits per heavy atom. The Morgan fingerprint density at radius 1 is 1.38 bits per heavy atom. The van der Waals surface area contributed by atoms with E-state index in [1.54, 1.807) is 18.2 Å².